The van der Waals surface area contributed by atoms with E-state index >= 15 is 0 Å². The highest BCUT2D eigenvalue weighted by Crippen LogP contribution is 2.41. The van der Waals surface area contributed by atoms with Crippen molar-refractivity contribution in [1.29, 1.82) is 10.5 Å². The lowest BCUT2D eigenvalue weighted by Gasteiger charge is -2.15. The van der Waals surface area contributed by atoms with E-state index in [1.165, 1.54) is 0 Å². The highest BCUT2D eigenvalue weighted by molar-refractivity contribution is 6.15. The monoisotopic (exact) mass is 565 g/mol. The van der Waals surface area contributed by atoms with Crippen molar-refractivity contribution < 1.29 is 8.83 Å². The highest BCUT2D eigenvalue weighted by Gasteiger charge is 2.20. The van der Waals surface area contributed by atoms with Gasteiger partial charge in [0.05, 0.1) is 40.0 Å². The molecule has 3 heterocycles. The van der Waals surface area contributed by atoms with Gasteiger partial charge in [0.15, 0.2) is 11.2 Å². The standard InChI is InChI=1S/C39H23N3O2/c1-3-4-9-36-23(2)27-14-15-30-32-20-26(12-17-37(32)44-39(30)38(27)43-36)28-13-10-25(22-41)19-35(28)42-33-8-6-5-7-29(33)31-18-24(21-40)11-16-34(31)42/h3-20H,1H2,2H3/b9-4-. The molecule has 3 aromatic heterocycles. The minimum atomic E-state index is 0.565. The molecule has 5 aromatic carbocycles. The van der Waals surface area contributed by atoms with E-state index in [0.717, 1.165) is 77.3 Å². The molecule has 44 heavy (non-hydrogen) atoms. The van der Waals surface area contributed by atoms with Crippen LogP contribution in [0.5, 0.6) is 0 Å². The molecular formula is C39H23N3O2. The Kier molecular flexibility index (Phi) is 5.56. The Balaban J connectivity index is 1.39. The number of allylic oxidation sites excluding steroid dienone is 2. The van der Waals surface area contributed by atoms with Crippen LogP contribution in [0.2, 0.25) is 0 Å². The average molecular weight is 566 g/mol. The molecular weight excluding hydrogens is 542 g/mol. The Labute approximate surface area is 252 Å². The van der Waals surface area contributed by atoms with E-state index < -0.39 is 0 Å². The summed E-state index contributed by atoms with van der Waals surface area (Å²) in [4.78, 5) is 0. The summed E-state index contributed by atoms with van der Waals surface area (Å²) < 4.78 is 14.8. The van der Waals surface area contributed by atoms with Gasteiger partial charge < -0.3 is 13.4 Å². The minimum absolute atomic E-state index is 0.565. The Morgan fingerprint density at radius 2 is 1.45 bits per heavy atom. The summed E-state index contributed by atoms with van der Waals surface area (Å²) in [6.07, 6.45) is 5.50. The summed E-state index contributed by atoms with van der Waals surface area (Å²) >= 11 is 0. The second-order valence-electron chi connectivity index (χ2n) is 10.9. The van der Waals surface area contributed by atoms with E-state index in [1.54, 1.807) is 6.08 Å². The van der Waals surface area contributed by atoms with Crippen LogP contribution in [0.4, 0.5) is 0 Å². The molecule has 5 heteroatoms. The zero-order valence-electron chi connectivity index (χ0n) is 23.8. The maximum atomic E-state index is 9.88. The second kappa shape index (κ2) is 9.63. The number of hydrogen-bond acceptors (Lipinski definition) is 4. The van der Waals surface area contributed by atoms with Crippen LogP contribution in [0.3, 0.4) is 0 Å². The van der Waals surface area contributed by atoms with Gasteiger partial charge >= 0.3 is 0 Å². The Hall–Kier alpha value is -6.30. The van der Waals surface area contributed by atoms with E-state index in [-0.39, 0.29) is 0 Å². The van der Waals surface area contributed by atoms with Crippen molar-refractivity contribution in [3.63, 3.8) is 0 Å². The van der Waals surface area contributed by atoms with Crippen molar-refractivity contribution in [3.8, 4) is 29.0 Å². The third-order valence-electron chi connectivity index (χ3n) is 8.44. The molecule has 0 aliphatic rings. The summed E-state index contributed by atoms with van der Waals surface area (Å²) in [7, 11) is 0. The van der Waals surface area contributed by atoms with E-state index in [0.29, 0.717) is 16.7 Å². The summed E-state index contributed by atoms with van der Waals surface area (Å²) in [5.41, 5.74) is 9.24. The van der Waals surface area contributed by atoms with Crippen LogP contribution in [0.25, 0.3) is 77.6 Å². The fourth-order valence-electron chi connectivity index (χ4n) is 6.35. The number of furan rings is 2. The molecule has 5 nitrogen and oxygen atoms in total. The molecule has 0 saturated carbocycles. The molecule has 0 aliphatic heterocycles. The molecule has 0 radical (unpaired) electrons. The fourth-order valence-corrected chi connectivity index (χ4v) is 6.35. The van der Waals surface area contributed by atoms with Crippen LogP contribution < -0.4 is 0 Å². The van der Waals surface area contributed by atoms with Gasteiger partial charge in [-0.2, -0.15) is 10.5 Å². The van der Waals surface area contributed by atoms with Gasteiger partial charge in [-0.25, -0.2) is 0 Å². The number of rotatable bonds is 4. The molecule has 0 bridgehead atoms. The van der Waals surface area contributed by atoms with E-state index in [2.05, 4.69) is 59.7 Å². The van der Waals surface area contributed by atoms with Crippen LogP contribution in [-0.4, -0.2) is 4.57 Å². The van der Waals surface area contributed by atoms with Gasteiger partial charge in [-0.3, -0.25) is 0 Å². The van der Waals surface area contributed by atoms with E-state index in [4.69, 9.17) is 8.83 Å². The first kappa shape index (κ1) is 25.4. The number of nitriles is 2. The number of para-hydroxylation sites is 1. The zero-order chi connectivity index (χ0) is 29.9. The van der Waals surface area contributed by atoms with Crippen molar-refractivity contribution in [2.45, 2.75) is 6.92 Å². The van der Waals surface area contributed by atoms with Crippen molar-refractivity contribution in [3.05, 3.63) is 132 Å². The fraction of sp³-hybridized carbons (Fsp3) is 0.0256. The molecule has 0 saturated heterocycles. The Morgan fingerprint density at radius 3 is 2.30 bits per heavy atom. The van der Waals surface area contributed by atoms with Crippen LogP contribution in [-0.2, 0) is 0 Å². The van der Waals surface area contributed by atoms with Gasteiger partial charge in [-0.05, 0) is 79.2 Å². The molecule has 0 unspecified atom stereocenters. The summed E-state index contributed by atoms with van der Waals surface area (Å²) in [5, 5.41) is 24.5. The molecule has 8 rings (SSSR count). The third kappa shape index (κ3) is 3.64. The summed E-state index contributed by atoms with van der Waals surface area (Å²) in [5.74, 6) is 0.781. The molecule has 0 atom stereocenters. The van der Waals surface area contributed by atoms with Crippen LogP contribution in [0, 0.1) is 29.6 Å². The average Bonchev–Trinajstić information content (AvgIpc) is 3.71. The van der Waals surface area contributed by atoms with Gasteiger partial charge in [0.25, 0.3) is 0 Å². The topological polar surface area (TPSA) is 78.8 Å². The zero-order valence-corrected chi connectivity index (χ0v) is 23.8. The van der Waals surface area contributed by atoms with Gasteiger partial charge in [0.1, 0.15) is 11.3 Å². The SMILES string of the molecule is C=C/C=C\c1oc2c(ccc3c4cc(-c5ccc(C#N)cc5-n5c6ccccc6c6cc(C#N)ccc65)ccc4oc32)c1C. The molecule has 206 valence electrons. The quantitative estimate of drug-likeness (QED) is 0.199. The minimum Gasteiger partial charge on any atom is -0.452 e. The lowest BCUT2D eigenvalue weighted by molar-refractivity contribution is 0.588. The molecule has 0 aliphatic carbocycles. The number of hydrogen-bond donors (Lipinski definition) is 0. The van der Waals surface area contributed by atoms with Crippen molar-refractivity contribution >= 4 is 60.8 Å². The highest BCUT2D eigenvalue weighted by atomic mass is 16.4. The molecule has 0 amide bonds. The van der Waals surface area contributed by atoms with Crippen molar-refractivity contribution in [1.82, 2.24) is 4.57 Å². The molecule has 0 fully saturated rings. The lowest BCUT2D eigenvalue weighted by atomic mass is 9.99. The first-order valence-corrected chi connectivity index (χ1v) is 14.3. The second-order valence-corrected chi connectivity index (χ2v) is 10.9. The van der Waals surface area contributed by atoms with E-state index in [1.807, 2.05) is 73.7 Å². The Morgan fingerprint density at radius 1 is 0.705 bits per heavy atom. The predicted molar refractivity (Wildman–Crippen MR) is 177 cm³/mol. The maximum absolute atomic E-state index is 9.88. The van der Waals surface area contributed by atoms with Crippen molar-refractivity contribution in [2.75, 3.05) is 0 Å². The maximum Gasteiger partial charge on any atom is 0.178 e. The largest absolute Gasteiger partial charge is 0.452 e. The first-order valence-electron chi connectivity index (χ1n) is 14.3. The van der Waals surface area contributed by atoms with Crippen molar-refractivity contribution in [2.24, 2.45) is 0 Å². The summed E-state index contributed by atoms with van der Waals surface area (Å²) in [6.45, 7) is 5.81. The number of fused-ring (bicyclic) bond motifs is 8. The van der Waals surface area contributed by atoms with Gasteiger partial charge in [0, 0.05) is 38.1 Å². The van der Waals surface area contributed by atoms with Gasteiger partial charge in [0.2, 0.25) is 0 Å². The molecule has 0 N–H and O–H groups in total. The van der Waals surface area contributed by atoms with Gasteiger partial charge in [-0.1, -0.05) is 49.1 Å². The lowest BCUT2D eigenvalue weighted by Crippen LogP contribution is -1.98. The van der Waals surface area contributed by atoms with Crippen LogP contribution in [0.1, 0.15) is 22.5 Å². The number of aromatic nitrogens is 1. The molecule has 0 spiro atoms. The van der Waals surface area contributed by atoms with Crippen LogP contribution >= 0.6 is 0 Å². The normalized spacial score (nSPS) is 11.7. The van der Waals surface area contributed by atoms with Crippen LogP contribution in [0.15, 0.2) is 119 Å². The number of aryl methyl sites for hydroxylation is 1. The first-order chi connectivity index (χ1) is 21.6. The van der Waals surface area contributed by atoms with Gasteiger partial charge in [-0.15, -0.1) is 0 Å². The predicted octanol–water partition coefficient (Wildman–Crippen LogP) is 10.3. The number of nitrogens with zero attached hydrogens (tertiary/aromatic N) is 3. The third-order valence-corrected chi connectivity index (χ3v) is 8.44. The van der Waals surface area contributed by atoms with E-state index in [9.17, 15) is 10.5 Å². The smallest absolute Gasteiger partial charge is 0.178 e. The number of benzene rings is 5. The molecule has 8 aromatic rings. The Bertz CT molecular complexity index is 2610. The summed E-state index contributed by atoms with van der Waals surface area (Å²) in [6, 6.07) is 34.7.